The molecule has 0 unspecified atom stereocenters. The van der Waals surface area contributed by atoms with E-state index in [-0.39, 0.29) is 17.1 Å². The maximum absolute atomic E-state index is 11.7. The highest BCUT2D eigenvalue weighted by molar-refractivity contribution is 7.99. The van der Waals surface area contributed by atoms with Crippen molar-refractivity contribution < 1.29 is 4.39 Å². The summed E-state index contributed by atoms with van der Waals surface area (Å²) in [4.78, 5) is 17.0. The van der Waals surface area contributed by atoms with Crippen molar-refractivity contribution in [3.63, 3.8) is 0 Å². The summed E-state index contributed by atoms with van der Waals surface area (Å²) in [6.07, 6.45) is 0. The first-order valence-corrected chi connectivity index (χ1v) is 4.26. The third kappa shape index (κ3) is 2.54. The standard InChI is InChI=1S/C6H8FN3OS/c7-1-2-12-6-9-4(8)3-5(11)10-6/h3H,1-2H2,(H3,8,9,10,11). The van der Waals surface area contributed by atoms with Gasteiger partial charge in [0.25, 0.3) is 5.56 Å². The van der Waals surface area contributed by atoms with Crippen molar-refractivity contribution in [2.24, 2.45) is 0 Å². The number of anilines is 1. The minimum Gasteiger partial charge on any atom is -0.383 e. The Labute approximate surface area is 72.4 Å². The lowest BCUT2D eigenvalue weighted by Crippen LogP contribution is -2.09. The molecule has 1 heterocycles. The Balaban J connectivity index is 2.79. The molecule has 0 bridgehead atoms. The molecule has 0 fully saturated rings. The highest BCUT2D eigenvalue weighted by Gasteiger charge is 1.98. The highest BCUT2D eigenvalue weighted by Crippen LogP contribution is 2.10. The Morgan fingerprint density at radius 3 is 3.08 bits per heavy atom. The predicted molar refractivity (Wildman–Crippen MR) is 46.0 cm³/mol. The van der Waals surface area contributed by atoms with Crippen molar-refractivity contribution >= 4 is 17.6 Å². The van der Waals surface area contributed by atoms with E-state index in [1.54, 1.807) is 0 Å². The second kappa shape index (κ2) is 4.10. The fourth-order valence-electron chi connectivity index (χ4n) is 0.657. The molecule has 0 aromatic carbocycles. The Morgan fingerprint density at radius 2 is 2.50 bits per heavy atom. The van der Waals surface area contributed by atoms with E-state index in [4.69, 9.17) is 5.73 Å². The van der Waals surface area contributed by atoms with Gasteiger partial charge in [0, 0.05) is 11.8 Å². The fraction of sp³-hybridized carbons (Fsp3) is 0.333. The molecule has 0 aliphatic rings. The van der Waals surface area contributed by atoms with Crippen molar-refractivity contribution in [3.05, 3.63) is 16.4 Å². The van der Waals surface area contributed by atoms with Gasteiger partial charge in [0.2, 0.25) is 0 Å². The number of H-pyrrole nitrogens is 1. The number of hydrogen-bond donors (Lipinski definition) is 2. The molecule has 1 aromatic heterocycles. The Kier molecular flexibility index (Phi) is 3.09. The molecule has 0 aliphatic heterocycles. The van der Waals surface area contributed by atoms with Crippen molar-refractivity contribution in [1.29, 1.82) is 0 Å². The average Bonchev–Trinajstić information content (AvgIpc) is 1.99. The van der Waals surface area contributed by atoms with Crippen LogP contribution in [0.4, 0.5) is 10.2 Å². The molecule has 12 heavy (non-hydrogen) atoms. The first-order valence-electron chi connectivity index (χ1n) is 3.28. The Morgan fingerprint density at radius 1 is 1.75 bits per heavy atom. The number of nitrogens with one attached hydrogen (secondary N) is 1. The van der Waals surface area contributed by atoms with Crippen LogP contribution in [0.3, 0.4) is 0 Å². The van der Waals surface area contributed by atoms with Gasteiger partial charge in [-0.2, -0.15) is 0 Å². The molecule has 0 radical (unpaired) electrons. The van der Waals surface area contributed by atoms with Gasteiger partial charge in [-0.25, -0.2) is 4.98 Å². The summed E-state index contributed by atoms with van der Waals surface area (Å²) in [5.74, 6) is 0.423. The SMILES string of the molecule is Nc1cc(=O)[nH]c(SCCF)n1. The number of thioether (sulfide) groups is 1. The molecule has 0 aliphatic carbocycles. The summed E-state index contributed by atoms with van der Waals surface area (Å²) in [5, 5.41) is 0.359. The van der Waals surface area contributed by atoms with Crippen LogP contribution < -0.4 is 11.3 Å². The quantitative estimate of drug-likeness (QED) is 0.533. The van der Waals surface area contributed by atoms with E-state index in [9.17, 15) is 9.18 Å². The van der Waals surface area contributed by atoms with Gasteiger partial charge in [0.05, 0.1) is 6.67 Å². The molecular formula is C6H8FN3OS. The molecule has 3 N–H and O–H groups in total. The number of nitrogens with two attached hydrogens (primary N) is 1. The fourth-order valence-corrected chi connectivity index (χ4v) is 1.27. The molecule has 1 aromatic rings. The number of nitrogen functional groups attached to an aromatic ring is 1. The lowest BCUT2D eigenvalue weighted by Gasteiger charge is -1.97. The predicted octanol–water partition coefficient (Wildman–Crippen LogP) is 0.414. The summed E-state index contributed by atoms with van der Waals surface area (Å²) in [5.41, 5.74) is 4.98. The lowest BCUT2D eigenvalue weighted by molar-refractivity contribution is 0.532. The van der Waals surface area contributed by atoms with Crippen molar-refractivity contribution in [2.45, 2.75) is 5.16 Å². The summed E-state index contributed by atoms with van der Waals surface area (Å²) >= 11 is 1.13. The minimum atomic E-state index is -0.455. The van der Waals surface area contributed by atoms with Gasteiger partial charge in [0.15, 0.2) is 5.16 Å². The first-order chi connectivity index (χ1) is 5.72. The van der Waals surface area contributed by atoms with E-state index in [2.05, 4.69) is 9.97 Å². The van der Waals surface area contributed by atoms with Crippen LogP contribution in [0.15, 0.2) is 16.0 Å². The second-order valence-electron chi connectivity index (χ2n) is 2.01. The molecular weight excluding hydrogens is 181 g/mol. The maximum Gasteiger partial charge on any atom is 0.253 e. The molecule has 0 amide bonds. The summed E-state index contributed by atoms with van der Waals surface area (Å²) in [7, 11) is 0. The van der Waals surface area contributed by atoms with E-state index in [1.807, 2.05) is 0 Å². The third-order valence-electron chi connectivity index (χ3n) is 1.06. The van der Waals surface area contributed by atoms with Crippen molar-refractivity contribution in [2.75, 3.05) is 18.2 Å². The number of hydrogen-bond acceptors (Lipinski definition) is 4. The molecule has 0 saturated carbocycles. The van der Waals surface area contributed by atoms with Gasteiger partial charge in [0.1, 0.15) is 5.82 Å². The van der Waals surface area contributed by atoms with Crippen LogP contribution in [0.5, 0.6) is 0 Å². The van der Waals surface area contributed by atoms with Crippen molar-refractivity contribution in [3.8, 4) is 0 Å². The van der Waals surface area contributed by atoms with Crippen LogP contribution in [0, 0.1) is 0 Å². The molecule has 4 nitrogen and oxygen atoms in total. The number of halogens is 1. The number of alkyl halides is 1. The zero-order valence-electron chi connectivity index (χ0n) is 6.21. The van der Waals surface area contributed by atoms with E-state index >= 15 is 0 Å². The molecule has 6 heteroatoms. The molecule has 66 valence electrons. The highest BCUT2D eigenvalue weighted by atomic mass is 32.2. The van der Waals surface area contributed by atoms with E-state index < -0.39 is 6.67 Å². The normalized spacial score (nSPS) is 10.1. The molecule has 0 atom stereocenters. The average molecular weight is 189 g/mol. The van der Waals surface area contributed by atoms with Gasteiger partial charge in [-0.3, -0.25) is 9.18 Å². The first kappa shape index (κ1) is 9.05. The molecule has 0 saturated heterocycles. The molecule has 0 spiro atoms. The smallest absolute Gasteiger partial charge is 0.253 e. The van der Waals surface area contributed by atoms with Gasteiger partial charge in [-0.15, -0.1) is 0 Å². The topological polar surface area (TPSA) is 71.8 Å². The molecule has 1 rings (SSSR count). The second-order valence-corrected chi connectivity index (χ2v) is 3.10. The number of rotatable bonds is 3. The van der Waals surface area contributed by atoms with E-state index in [1.165, 1.54) is 6.07 Å². The summed E-state index contributed by atoms with van der Waals surface area (Å²) in [6, 6.07) is 1.18. The number of nitrogens with zero attached hydrogens (tertiary/aromatic N) is 1. The van der Waals surface area contributed by atoms with Gasteiger partial charge in [-0.05, 0) is 0 Å². The number of aromatic amines is 1. The largest absolute Gasteiger partial charge is 0.383 e. The van der Waals surface area contributed by atoms with Gasteiger partial charge >= 0.3 is 0 Å². The van der Waals surface area contributed by atoms with Crippen LogP contribution in [0.1, 0.15) is 0 Å². The summed E-state index contributed by atoms with van der Waals surface area (Å²) in [6.45, 7) is -0.455. The van der Waals surface area contributed by atoms with Crippen LogP contribution in [0.25, 0.3) is 0 Å². The van der Waals surface area contributed by atoms with Crippen molar-refractivity contribution in [1.82, 2.24) is 9.97 Å². The zero-order valence-corrected chi connectivity index (χ0v) is 7.03. The van der Waals surface area contributed by atoms with Gasteiger partial charge < -0.3 is 10.7 Å². The Hall–Kier alpha value is -1.04. The van der Waals surface area contributed by atoms with Crippen LogP contribution >= 0.6 is 11.8 Å². The zero-order chi connectivity index (χ0) is 8.97. The lowest BCUT2D eigenvalue weighted by atomic mass is 10.6. The number of aromatic nitrogens is 2. The summed E-state index contributed by atoms with van der Waals surface area (Å²) < 4.78 is 11.7. The van der Waals surface area contributed by atoms with E-state index in [0.717, 1.165) is 11.8 Å². The van der Waals surface area contributed by atoms with Crippen LogP contribution in [0.2, 0.25) is 0 Å². The third-order valence-corrected chi connectivity index (χ3v) is 1.88. The monoisotopic (exact) mass is 189 g/mol. The minimum absolute atomic E-state index is 0.153. The van der Waals surface area contributed by atoms with Crippen LogP contribution in [-0.2, 0) is 0 Å². The van der Waals surface area contributed by atoms with Gasteiger partial charge in [-0.1, -0.05) is 11.8 Å². The van der Waals surface area contributed by atoms with Crippen LogP contribution in [-0.4, -0.2) is 22.4 Å². The van der Waals surface area contributed by atoms with E-state index in [0.29, 0.717) is 5.16 Å². The maximum atomic E-state index is 11.7. The Bertz CT molecular complexity index is 314.